The third-order valence-corrected chi connectivity index (χ3v) is 7.08. The Bertz CT molecular complexity index is 1270. The molecule has 4 aromatic rings. The van der Waals surface area contributed by atoms with Gasteiger partial charge in [0.05, 0.1) is 12.1 Å². The molecule has 186 valence electrons. The molecular formula is C26H30Cl2N4O2S. The molecule has 1 N–H and O–H groups in total. The molecule has 0 aliphatic carbocycles. The average Bonchev–Trinajstić information content (AvgIpc) is 3.35. The van der Waals surface area contributed by atoms with Crippen molar-refractivity contribution in [1.82, 2.24) is 15.2 Å². The van der Waals surface area contributed by atoms with Gasteiger partial charge in [-0.2, -0.15) is 0 Å². The third kappa shape index (κ3) is 5.98. The van der Waals surface area contributed by atoms with E-state index < -0.39 is 0 Å². The van der Waals surface area contributed by atoms with E-state index in [1.807, 2.05) is 24.3 Å². The smallest absolute Gasteiger partial charge is 0.269 e. The van der Waals surface area contributed by atoms with Crippen molar-refractivity contribution in [2.45, 2.75) is 6.42 Å². The quantitative estimate of drug-likeness (QED) is 0.329. The van der Waals surface area contributed by atoms with Crippen LogP contribution in [0.25, 0.3) is 21.0 Å². The van der Waals surface area contributed by atoms with Gasteiger partial charge >= 0.3 is 0 Å². The summed E-state index contributed by atoms with van der Waals surface area (Å²) in [5.41, 5.74) is 2.50. The van der Waals surface area contributed by atoms with E-state index in [0.29, 0.717) is 18.1 Å². The number of rotatable bonds is 7. The Morgan fingerprint density at radius 3 is 2.63 bits per heavy atom. The Morgan fingerprint density at radius 2 is 1.83 bits per heavy atom. The number of anilines is 1. The fourth-order valence-corrected chi connectivity index (χ4v) is 5.25. The van der Waals surface area contributed by atoms with Crippen LogP contribution in [-0.2, 0) is 0 Å². The van der Waals surface area contributed by atoms with E-state index >= 15 is 0 Å². The molecule has 6 nitrogen and oxygen atoms in total. The van der Waals surface area contributed by atoms with Crippen LogP contribution < -0.4 is 15.0 Å². The number of benzene rings is 2. The van der Waals surface area contributed by atoms with Crippen molar-refractivity contribution >= 4 is 68.7 Å². The van der Waals surface area contributed by atoms with Gasteiger partial charge < -0.3 is 15.0 Å². The van der Waals surface area contributed by atoms with E-state index in [0.717, 1.165) is 50.0 Å². The molecule has 1 saturated heterocycles. The monoisotopic (exact) mass is 532 g/mol. The number of fused-ring (bicyclic) bond motifs is 2. The lowest BCUT2D eigenvalue weighted by Gasteiger charge is -2.36. The zero-order valence-corrected chi connectivity index (χ0v) is 22.1. The highest BCUT2D eigenvalue weighted by atomic mass is 35.5. The summed E-state index contributed by atoms with van der Waals surface area (Å²) in [5.74, 6) is 0.509. The first kappa shape index (κ1) is 27.0. The molecule has 0 radical (unpaired) electrons. The van der Waals surface area contributed by atoms with E-state index in [2.05, 4.69) is 49.7 Å². The number of hydrogen-bond acceptors (Lipinski definition) is 6. The van der Waals surface area contributed by atoms with Gasteiger partial charge in [-0.1, -0.05) is 18.2 Å². The molecule has 0 spiro atoms. The SMILES string of the molecule is CNC(=O)c1cc(OCCCN2CCN(c3cccc4sccc34)CC2)c2ccccc2n1.Cl.Cl. The number of aromatic nitrogens is 1. The van der Waals surface area contributed by atoms with Gasteiger partial charge in [-0.15, -0.1) is 36.2 Å². The van der Waals surface area contributed by atoms with Gasteiger partial charge in [0.15, 0.2) is 0 Å². The predicted octanol–water partition coefficient (Wildman–Crippen LogP) is 5.24. The Balaban J connectivity index is 0.00000171. The van der Waals surface area contributed by atoms with Crippen LogP contribution in [0.3, 0.4) is 0 Å². The second kappa shape index (κ2) is 12.4. The maximum atomic E-state index is 12.1. The maximum Gasteiger partial charge on any atom is 0.269 e. The standard InChI is InChI=1S/C26H28N4O2S.2ClH/c1-27-26(31)22-18-24(19-6-2-3-7-21(19)28-22)32-16-5-11-29-12-14-30(15-13-29)23-8-4-9-25-20(23)10-17-33-25;;/h2-4,6-10,17-18H,5,11-16H2,1H3,(H,27,31);2*1H. The van der Waals surface area contributed by atoms with Crippen molar-refractivity contribution < 1.29 is 9.53 Å². The second-order valence-electron chi connectivity index (χ2n) is 8.24. The summed E-state index contributed by atoms with van der Waals surface area (Å²) in [7, 11) is 1.61. The number of carbonyl (C=O) groups excluding carboxylic acids is 1. The first-order valence-electron chi connectivity index (χ1n) is 11.4. The van der Waals surface area contributed by atoms with Gasteiger partial charge in [-0.3, -0.25) is 9.69 Å². The van der Waals surface area contributed by atoms with E-state index in [4.69, 9.17) is 4.74 Å². The van der Waals surface area contributed by atoms with Crippen molar-refractivity contribution in [3.8, 4) is 5.75 Å². The van der Waals surface area contributed by atoms with Gasteiger partial charge in [0.2, 0.25) is 0 Å². The van der Waals surface area contributed by atoms with Crippen molar-refractivity contribution in [1.29, 1.82) is 0 Å². The van der Waals surface area contributed by atoms with Crippen LogP contribution in [0.5, 0.6) is 5.75 Å². The van der Waals surface area contributed by atoms with Crippen molar-refractivity contribution in [2.24, 2.45) is 0 Å². The van der Waals surface area contributed by atoms with Crippen molar-refractivity contribution in [2.75, 3.05) is 51.3 Å². The fraction of sp³-hybridized carbons (Fsp3) is 0.308. The number of ether oxygens (including phenoxy) is 1. The second-order valence-corrected chi connectivity index (χ2v) is 9.19. The van der Waals surface area contributed by atoms with Crippen LogP contribution in [0, 0.1) is 0 Å². The number of nitrogens with zero attached hydrogens (tertiary/aromatic N) is 3. The number of carbonyl (C=O) groups is 1. The minimum Gasteiger partial charge on any atom is -0.493 e. The predicted molar refractivity (Wildman–Crippen MR) is 150 cm³/mol. The number of nitrogens with one attached hydrogen (secondary N) is 1. The first-order chi connectivity index (χ1) is 16.2. The van der Waals surface area contributed by atoms with Gasteiger partial charge in [-0.05, 0) is 42.1 Å². The largest absolute Gasteiger partial charge is 0.493 e. The summed E-state index contributed by atoms with van der Waals surface area (Å²) in [6.45, 7) is 5.80. The van der Waals surface area contributed by atoms with Crippen LogP contribution in [0.2, 0.25) is 0 Å². The van der Waals surface area contributed by atoms with Gasteiger partial charge in [0.1, 0.15) is 11.4 Å². The summed E-state index contributed by atoms with van der Waals surface area (Å²) < 4.78 is 7.48. The molecule has 0 saturated carbocycles. The van der Waals surface area contributed by atoms with Gasteiger partial charge in [-0.25, -0.2) is 4.98 Å². The summed E-state index contributed by atoms with van der Waals surface area (Å²) >= 11 is 1.80. The van der Waals surface area contributed by atoms with Gasteiger partial charge in [0, 0.05) is 67.0 Å². The average molecular weight is 534 g/mol. The zero-order valence-electron chi connectivity index (χ0n) is 19.6. The van der Waals surface area contributed by atoms with Crippen LogP contribution in [0.15, 0.2) is 60.0 Å². The number of hydrogen-bond donors (Lipinski definition) is 1. The molecule has 1 amide bonds. The first-order valence-corrected chi connectivity index (χ1v) is 12.3. The Labute approximate surface area is 222 Å². The molecular weight excluding hydrogens is 503 g/mol. The molecule has 2 aromatic carbocycles. The van der Waals surface area contributed by atoms with Crippen molar-refractivity contribution in [3.63, 3.8) is 0 Å². The van der Waals surface area contributed by atoms with E-state index in [9.17, 15) is 4.79 Å². The fourth-order valence-electron chi connectivity index (χ4n) is 4.44. The number of para-hydroxylation sites is 1. The number of pyridine rings is 1. The molecule has 1 fully saturated rings. The molecule has 35 heavy (non-hydrogen) atoms. The summed E-state index contributed by atoms with van der Waals surface area (Å²) in [5, 5.41) is 7.11. The van der Waals surface area contributed by atoms with Crippen LogP contribution in [0.4, 0.5) is 5.69 Å². The van der Waals surface area contributed by atoms with Gasteiger partial charge in [0.25, 0.3) is 5.91 Å². The lowest BCUT2D eigenvalue weighted by atomic mass is 10.1. The highest BCUT2D eigenvalue weighted by Gasteiger charge is 2.19. The number of halogens is 2. The number of thiophene rings is 1. The van der Waals surface area contributed by atoms with E-state index in [-0.39, 0.29) is 30.7 Å². The Hall–Kier alpha value is -2.58. The lowest BCUT2D eigenvalue weighted by molar-refractivity contribution is 0.0958. The summed E-state index contributed by atoms with van der Waals surface area (Å²) in [6, 6.07) is 18.4. The minimum atomic E-state index is -0.207. The molecule has 1 aliphatic rings. The molecule has 0 atom stereocenters. The molecule has 3 heterocycles. The molecule has 5 rings (SSSR count). The van der Waals surface area contributed by atoms with Crippen LogP contribution >= 0.6 is 36.2 Å². The third-order valence-electron chi connectivity index (χ3n) is 6.20. The normalized spacial score (nSPS) is 13.8. The summed E-state index contributed by atoms with van der Waals surface area (Å²) in [4.78, 5) is 21.6. The Morgan fingerprint density at radius 1 is 1.03 bits per heavy atom. The minimum absolute atomic E-state index is 0. The number of amides is 1. The molecule has 1 aliphatic heterocycles. The van der Waals surface area contributed by atoms with Crippen LogP contribution in [-0.4, -0.2) is 62.2 Å². The molecule has 2 aromatic heterocycles. The molecule has 0 bridgehead atoms. The highest BCUT2D eigenvalue weighted by Crippen LogP contribution is 2.31. The van der Waals surface area contributed by atoms with Crippen molar-refractivity contribution in [3.05, 3.63) is 65.7 Å². The number of piperazine rings is 1. The summed E-state index contributed by atoms with van der Waals surface area (Å²) in [6.07, 6.45) is 0.937. The molecule has 9 heteroatoms. The van der Waals surface area contributed by atoms with E-state index in [1.54, 1.807) is 24.5 Å². The maximum absolute atomic E-state index is 12.1. The van der Waals surface area contributed by atoms with Crippen LogP contribution in [0.1, 0.15) is 16.9 Å². The lowest BCUT2D eigenvalue weighted by Crippen LogP contribution is -2.46. The Kier molecular flexibility index (Phi) is 9.57. The zero-order chi connectivity index (χ0) is 22.6. The topological polar surface area (TPSA) is 57.7 Å². The van der Waals surface area contributed by atoms with E-state index in [1.165, 1.54) is 15.8 Å². The molecule has 0 unspecified atom stereocenters. The highest BCUT2D eigenvalue weighted by molar-refractivity contribution is 7.17.